The highest BCUT2D eigenvalue weighted by atomic mass is 32.2. The van der Waals surface area contributed by atoms with E-state index < -0.39 is 15.8 Å². The minimum absolute atomic E-state index is 0.188. The summed E-state index contributed by atoms with van der Waals surface area (Å²) in [6, 6.07) is 14.3. The number of carbonyl (C=O) groups excluding carboxylic acids is 1. The number of nitrogen functional groups attached to an aromatic ring is 1. The number of benzene rings is 3. The lowest BCUT2D eigenvalue weighted by Gasteiger charge is -2.13. The van der Waals surface area contributed by atoms with Crippen molar-refractivity contribution in [3.8, 4) is 11.3 Å². The van der Waals surface area contributed by atoms with E-state index in [0.717, 1.165) is 24.0 Å². The van der Waals surface area contributed by atoms with Gasteiger partial charge in [0, 0.05) is 29.8 Å². The maximum Gasteiger partial charge on any atom is 0.255 e. The number of amides is 1. The molecular formula is C27H26FN3O4S. The monoisotopic (exact) mass is 507 g/mol. The van der Waals surface area contributed by atoms with Gasteiger partial charge in [-0.25, -0.2) is 12.8 Å². The number of rotatable bonds is 7. The normalized spacial score (nSPS) is 13.6. The zero-order valence-electron chi connectivity index (χ0n) is 19.9. The Bertz CT molecular complexity index is 1590. The van der Waals surface area contributed by atoms with Gasteiger partial charge in [-0.05, 0) is 78.8 Å². The summed E-state index contributed by atoms with van der Waals surface area (Å²) in [6.07, 6.45) is 1.85. The van der Waals surface area contributed by atoms with Crippen molar-refractivity contribution in [3.05, 3.63) is 82.7 Å². The summed E-state index contributed by atoms with van der Waals surface area (Å²) in [7, 11) is -2.22. The third-order valence-electron chi connectivity index (χ3n) is 6.39. The first-order valence-electron chi connectivity index (χ1n) is 11.6. The highest BCUT2D eigenvalue weighted by Gasteiger charge is 2.31. The lowest BCUT2D eigenvalue weighted by molar-refractivity contribution is 0.0964. The zero-order valence-corrected chi connectivity index (χ0v) is 20.7. The van der Waals surface area contributed by atoms with Crippen LogP contribution in [0.1, 0.15) is 45.8 Å². The van der Waals surface area contributed by atoms with Crippen LogP contribution in [0.5, 0.6) is 0 Å². The van der Waals surface area contributed by atoms with Crippen LogP contribution in [-0.4, -0.2) is 21.4 Å². The van der Waals surface area contributed by atoms with Crippen LogP contribution in [0.2, 0.25) is 0 Å². The topological polar surface area (TPSA) is 114 Å². The molecule has 0 spiro atoms. The average Bonchev–Trinajstić information content (AvgIpc) is 3.61. The van der Waals surface area contributed by atoms with Crippen molar-refractivity contribution in [2.45, 2.75) is 31.4 Å². The van der Waals surface area contributed by atoms with E-state index in [1.807, 2.05) is 13.0 Å². The van der Waals surface area contributed by atoms with Gasteiger partial charge in [0.2, 0.25) is 10.0 Å². The zero-order chi connectivity index (χ0) is 25.6. The second-order valence-electron chi connectivity index (χ2n) is 9.15. The van der Waals surface area contributed by atoms with Gasteiger partial charge in [0.05, 0.1) is 17.0 Å². The maximum atomic E-state index is 13.5. The van der Waals surface area contributed by atoms with E-state index in [4.69, 9.17) is 10.2 Å². The molecule has 1 aliphatic carbocycles. The molecular weight excluding hydrogens is 481 g/mol. The number of aryl methyl sites for hydroxylation is 1. The molecule has 9 heteroatoms. The van der Waals surface area contributed by atoms with Gasteiger partial charge < -0.3 is 15.5 Å². The molecule has 4 aromatic rings. The molecule has 1 aliphatic rings. The number of nitrogens with one attached hydrogen (secondary N) is 2. The predicted molar refractivity (Wildman–Crippen MR) is 139 cm³/mol. The third kappa shape index (κ3) is 4.66. The summed E-state index contributed by atoms with van der Waals surface area (Å²) >= 11 is 0. The van der Waals surface area contributed by atoms with E-state index in [1.165, 1.54) is 19.2 Å². The SMILES string of the molecule is CNC(=O)c1c(-c2ccc(F)cc2)oc2cc(NS(=O)(=O)Cc3ccc(N)c(C)c3)c(C3CC3)cc12. The molecule has 5 rings (SSSR count). The number of hydrogen-bond donors (Lipinski definition) is 3. The first kappa shape index (κ1) is 23.9. The fourth-order valence-electron chi connectivity index (χ4n) is 4.39. The smallest absolute Gasteiger partial charge is 0.255 e. The number of furan rings is 1. The summed E-state index contributed by atoms with van der Waals surface area (Å²) in [5, 5.41) is 3.22. The van der Waals surface area contributed by atoms with Gasteiger partial charge in [0.25, 0.3) is 5.91 Å². The van der Waals surface area contributed by atoms with Crippen LogP contribution in [-0.2, 0) is 15.8 Å². The Balaban J connectivity index is 1.59. The molecule has 0 bridgehead atoms. The molecule has 1 amide bonds. The van der Waals surface area contributed by atoms with Crippen molar-refractivity contribution in [2.24, 2.45) is 0 Å². The van der Waals surface area contributed by atoms with Crippen molar-refractivity contribution >= 4 is 38.3 Å². The minimum atomic E-state index is -3.75. The van der Waals surface area contributed by atoms with Crippen molar-refractivity contribution < 1.29 is 22.0 Å². The number of hydrogen-bond acceptors (Lipinski definition) is 5. The summed E-state index contributed by atoms with van der Waals surface area (Å²) in [6.45, 7) is 1.83. The number of halogens is 1. The molecule has 1 saturated carbocycles. The van der Waals surface area contributed by atoms with Crippen molar-refractivity contribution in [1.82, 2.24) is 5.32 Å². The van der Waals surface area contributed by atoms with Crippen molar-refractivity contribution in [3.63, 3.8) is 0 Å². The summed E-state index contributed by atoms with van der Waals surface area (Å²) < 4.78 is 48.5. The van der Waals surface area contributed by atoms with Crippen molar-refractivity contribution in [2.75, 3.05) is 17.5 Å². The molecule has 1 heterocycles. The molecule has 7 nitrogen and oxygen atoms in total. The van der Waals surface area contributed by atoms with E-state index in [0.29, 0.717) is 44.8 Å². The van der Waals surface area contributed by atoms with Crippen LogP contribution in [0.3, 0.4) is 0 Å². The Labute approximate surface area is 208 Å². The number of carbonyl (C=O) groups is 1. The van der Waals surface area contributed by atoms with Crippen molar-refractivity contribution in [1.29, 1.82) is 0 Å². The molecule has 0 radical (unpaired) electrons. The molecule has 0 atom stereocenters. The maximum absolute atomic E-state index is 13.5. The largest absolute Gasteiger partial charge is 0.455 e. The average molecular weight is 508 g/mol. The van der Waals surface area contributed by atoms with Crippen LogP contribution in [0, 0.1) is 12.7 Å². The molecule has 3 aromatic carbocycles. The Morgan fingerprint density at radius 2 is 1.83 bits per heavy atom. The molecule has 4 N–H and O–H groups in total. The first-order chi connectivity index (χ1) is 17.1. The highest BCUT2D eigenvalue weighted by Crippen LogP contribution is 2.47. The Hall–Kier alpha value is -3.85. The third-order valence-corrected chi connectivity index (χ3v) is 7.64. The Morgan fingerprint density at radius 1 is 1.11 bits per heavy atom. The van der Waals surface area contributed by atoms with E-state index in [-0.39, 0.29) is 17.6 Å². The summed E-state index contributed by atoms with van der Waals surface area (Å²) in [5.74, 6) is -0.475. The second-order valence-corrected chi connectivity index (χ2v) is 10.9. The van der Waals surface area contributed by atoms with Gasteiger partial charge in [0.15, 0.2) is 0 Å². The fourth-order valence-corrected chi connectivity index (χ4v) is 5.59. The van der Waals surface area contributed by atoms with Gasteiger partial charge in [-0.3, -0.25) is 9.52 Å². The highest BCUT2D eigenvalue weighted by molar-refractivity contribution is 7.91. The molecule has 0 saturated heterocycles. The predicted octanol–water partition coefficient (Wildman–Crippen LogP) is 5.31. The number of fused-ring (bicyclic) bond motifs is 1. The Kier molecular flexibility index (Phi) is 5.96. The molecule has 1 aromatic heterocycles. The lowest BCUT2D eigenvalue weighted by atomic mass is 10.0. The number of nitrogens with two attached hydrogens (primary N) is 1. The van der Waals surface area contributed by atoms with Crippen LogP contribution >= 0.6 is 0 Å². The number of sulfonamides is 1. The van der Waals surface area contributed by atoms with Gasteiger partial charge in [0.1, 0.15) is 17.2 Å². The van der Waals surface area contributed by atoms with E-state index in [1.54, 1.807) is 36.4 Å². The summed E-state index contributed by atoms with van der Waals surface area (Å²) in [5.41, 5.74) is 10.4. The van der Waals surface area contributed by atoms with Crippen LogP contribution < -0.4 is 15.8 Å². The minimum Gasteiger partial charge on any atom is -0.455 e. The van der Waals surface area contributed by atoms with Crippen LogP contribution in [0.15, 0.2) is 59.0 Å². The molecule has 1 fully saturated rings. The summed E-state index contributed by atoms with van der Waals surface area (Å²) in [4.78, 5) is 12.8. The molecule has 36 heavy (non-hydrogen) atoms. The van der Waals surface area contributed by atoms with Gasteiger partial charge >= 0.3 is 0 Å². The van der Waals surface area contributed by atoms with Gasteiger partial charge in [-0.15, -0.1) is 0 Å². The fraction of sp³-hybridized carbons (Fsp3) is 0.222. The standard InChI is InChI=1S/C27H26FN3O4S/c1-15-11-16(3-10-22(15)29)14-36(33,34)31-23-13-24-21(12-20(23)17-4-5-17)25(27(32)30-2)26(35-24)18-6-8-19(28)9-7-18/h3,6-13,17,31H,4-5,14,29H2,1-2H3,(H,30,32). The molecule has 0 unspecified atom stereocenters. The van der Waals surface area contributed by atoms with E-state index >= 15 is 0 Å². The first-order valence-corrected chi connectivity index (χ1v) is 13.2. The van der Waals surface area contributed by atoms with Crippen LogP contribution in [0.25, 0.3) is 22.3 Å². The quantitative estimate of drug-likeness (QED) is 0.293. The second kappa shape index (κ2) is 8.98. The lowest BCUT2D eigenvalue weighted by Crippen LogP contribution is -2.18. The van der Waals surface area contributed by atoms with Crippen LogP contribution in [0.4, 0.5) is 15.8 Å². The van der Waals surface area contributed by atoms with Gasteiger partial charge in [-0.1, -0.05) is 12.1 Å². The Morgan fingerprint density at radius 3 is 2.47 bits per heavy atom. The van der Waals surface area contributed by atoms with E-state index in [9.17, 15) is 17.6 Å². The molecule has 186 valence electrons. The van der Waals surface area contributed by atoms with E-state index in [2.05, 4.69) is 10.0 Å². The number of anilines is 2. The van der Waals surface area contributed by atoms with Gasteiger partial charge in [-0.2, -0.15) is 0 Å². The molecule has 0 aliphatic heterocycles.